The molecule has 1 N–H and O–H groups in total. The second kappa shape index (κ2) is 14.6. The third-order valence-electron chi connectivity index (χ3n) is 7.66. The molecule has 44 heavy (non-hydrogen) atoms. The van der Waals surface area contributed by atoms with Crippen LogP contribution in [-0.4, -0.2) is 92.0 Å². The number of carbonyl (C=O) groups is 3. The molecule has 0 unspecified atom stereocenters. The van der Waals surface area contributed by atoms with Crippen LogP contribution in [0, 0.1) is 5.82 Å². The summed E-state index contributed by atoms with van der Waals surface area (Å²) in [6, 6.07) is 18.1. The molecule has 10 heteroatoms. The van der Waals surface area contributed by atoms with Gasteiger partial charge in [-0.3, -0.25) is 14.5 Å². The van der Waals surface area contributed by atoms with Gasteiger partial charge >= 0.3 is 12.1 Å². The Kier molecular flexibility index (Phi) is 10.9. The van der Waals surface area contributed by atoms with E-state index in [1.165, 1.54) is 19.2 Å². The monoisotopic (exact) mass is 607 g/mol. The minimum Gasteiger partial charge on any atom is -0.468 e. The number of piperazine rings is 1. The van der Waals surface area contributed by atoms with Crippen LogP contribution in [-0.2, 0) is 36.6 Å². The van der Waals surface area contributed by atoms with Crippen molar-refractivity contribution in [2.75, 3.05) is 40.5 Å². The van der Waals surface area contributed by atoms with Crippen LogP contribution in [0.5, 0.6) is 0 Å². The van der Waals surface area contributed by atoms with Gasteiger partial charge in [0.2, 0.25) is 5.91 Å². The minimum absolute atomic E-state index is 0.144. The maximum atomic E-state index is 14.1. The van der Waals surface area contributed by atoms with Crippen LogP contribution < -0.4 is 5.32 Å². The second-order valence-corrected chi connectivity index (χ2v) is 12.1. The van der Waals surface area contributed by atoms with Gasteiger partial charge in [0.1, 0.15) is 23.5 Å². The number of halogens is 1. The standard InChI is InChI=1S/C34H42FN3O6/c1-34(2,3)44-33(41)36-29(19-23-11-14-27(35)15-12-23)31(39)38-17-16-37(21-28(38)22-42-4)30(32(40)43-5)20-24-10-13-25-8-6-7-9-26(25)18-24/h6-15,18,28-30H,16-17,19-22H2,1-5H3,(H,36,41)/t28-,29-,30+/m1/s1. The zero-order chi connectivity index (χ0) is 31.9. The van der Waals surface area contributed by atoms with E-state index in [9.17, 15) is 18.8 Å². The molecule has 3 atom stereocenters. The van der Waals surface area contributed by atoms with Gasteiger partial charge in [-0.2, -0.15) is 0 Å². The van der Waals surface area contributed by atoms with E-state index in [1.54, 1.807) is 44.9 Å². The lowest BCUT2D eigenvalue weighted by Crippen LogP contribution is -2.63. The van der Waals surface area contributed by atoms with Gasteiger partial charge in [-0.15, -0.1) is 0 Å². The first-order valence-corrected chi connectivity index (χ1v) is 14.8. The van der Waals surface area contributed by atoms with Crippen molar-refractivity contribution in [2.24, 2.45) is 0 Å². The molecule has 0 aliphatic carbocycles. The molecule has 3 aromatic carbocycles. The topological polar surface area (TPSA) is 97.4 Å². The Labute approximate surface area is 258 Å². The van der Waals surface area contributed by atoms with E-state index in [2.05, 4.69) is 11.4 Å². The van der Waals surface area contributed by atoms with Crippen molar-refractivity contribution in [3.63, 3.8) is 0 Å². The smallest absolute Gasteiger partial charge is 0.408 e. The fourth-order valence-electron chi connectivity index (χ4n) is 5.58. The van der Waals surface area contributed by atoms with E-state index < -0.39 is 35.6 Å². The van der Waals surface area contributed by atoms with Gasteiger partial charge in [-0.05, 0) is 61.2 Å². The summed E-state index contributed by atoms with van der Waals surface area (Å²) >= 11 is 0. The number of amides is 2. The largest absolute Gasteiger partial charge is 0.468 e. The summed E-state index contributed by atoms with van der Waals surface area (Å²) < 4.78 is 29.7. The van der Waals surface area contributed by atoms with E-state index in [0.29, 0.717) is 31.6 Å². The van der Waals surface area contributed by atoms with Crippen molar-refractivity contribution in [2.45, 2.75) is 57.3 Å². The van der Waals surface area contributed by atoms with Crippen molar-refractivity contribution < 1.29 is 33.0 Å². The molecule has 0 aromatic heterocycles. The second-order valence-electron chi connectivity index (χ2n) is 12.1. The Morgan fingerprint density at radius 3 is 2.27 bits per heavy atom. The number of carbonyl (C=O) groups excluding carboxylic acids is 3. The van der Waals surface area contributed by atoms with Crippen LogP contribution in [0.4, 0.5) is 9.18 Å². The highest BCUT2D eigenvalue weighted by Gasteiger charge is 2.39. The Bertz CT molecular complexity index is 1440. The normalized spacial score (nSPS) is 17.1. The number of esters is 1. The first-order valence-electron chi connectivity index (χ1n) is 14.8. The third kappa shape index (κ3) is 8.76. The maximum Gasteiger partial charge on any atom is 0.408 e. The van der Waals surface area contributed by atoms with Gasteiger partial charge in [0.25, 0.3) is 0 Å². The molecule has 1 saturated heterocycles. The van der Waals surface area contributed by atoms with E-state index in [-0.39, 0.29) is 24.9 Å². The predicted molar refractivity (Wildman–Crippen MR) is 166 cm³/mol. The van der Waals surface area contributed by atoms with E-state index in [4.69, 9.17) is 14.2 Å². The molecule has 1 heterocycles. The minimum atomic E-state index is -0.963. The molecular formula is C34H42FN3O6. The van der Waals surface area contributed by atoms with Gasteiger partial charge in [0, 0.05) is 33.2 Å². The summed E-state index contributed by atoms with van der Waals surface area (Å²) in [5.74, 6) is -1.06. The van der Waals surface area contributed by atoms with Crippen LogP contribution in [0.15, 0.2) is 66.7 Å². The zero-order valence-corrected chi connectivity index (χ0v) is 26.0. The molecule has 4 rings (SSSR count). The third-order valence-corrected chi connectivity index (χ3v) is 7.66. The van der Waals surface area contributed by atoms with Crippen LogP contribution in [0.3, 0.4) is 0 Å². The highest BCUT2D eigenvalue weighted by molar-refractivity contribution is 5.87. The molecule has 0 bridgehead atoms. The molecule has 2 amide bonds. The Morgan fingerprint density at radius 2 is 1.61 bits per heavy atom. The molecular weight excluding hydrogens is 565 g/mol. The highest BCUT2D eigenvalue weighted by atomic mass is 19.1. The summed E-state index contributed by atoms with van der Waals surface area (Å²) in [6.07, 6.45) is -0.134. The summed E-state index contributed by atoms with van der Waals surface area (Å²) in [4.78, 5) is 43.6. The maximum absolute atomic E-state index is 14.1. The molecule has 1 aliphatic heterocycles. The summed E-state index contributed by atoms with van der Waals surface area (Å²) in [5.41, 5.74) is 0.928. The number of hydrogen-bond donors (Lipinski definition) is 1. The highest BCUT2D eigenvalue weighted by Crippen LogP contribution is 2.22. The SMILES string of the molecule is COC[C@H]1CN([C@@H](Cc2ccc3ccccc3c2)C(=O)OC)CCN1C(=O)[C@@H](Cc1ccc(F)cc1)NC(=O)OC(C)(C)C. The average Bonchev–Trinajstić information content (AvgIpc) is 2.99. The van der Waals surface area contributed by atoms with Gasteiger partial charge < -0.3 is 24.4 Å². The molecule has 1 aliphatic rings. The van der Waals surface area contributed by atoms with E-state index >= 15 is 0 Å². The van der Waals surface area contributed by atoms with Crippen molar-refractivity contribution in [1.82, 2.24) is 15.1 Å². The lowest BCUT2D eigenvalue weighted by Gasteiger charge is -2.44. The first-order chi connectivity index (χ1) is 21.0. The van der Waals surface area contributed by atoms with Crippen molar-refractivity contribution in [1.29, 1.82) is 0 Å². The quantitative estimate of drug-likeness (QED) is 0.342. The zero-order valence-electron chi connectivity index (χ0n) is 26.0. The summed E-state index contributed by atoms with van der Waals surface area (Å²) in [7, 11) is 2.94. The van der Waals surface area contributed by atoms with Gasteiger partial charge in [-0.1, -0.05) is 54.6 Å². The van der Waals surface area contributed by atoms with Crippen molar-refractivity contribution in [3.05, 3.63) is 83.7 Å². The Balaban J connectivity index is 1.54. The summed E-state index contributed by atoms with van der Waals surface area (Å²) in [5, 5.41) is 4.94. The van der Waals surface area contributed by atoms with E-state index in [1.807, 2.05) is 41.3 Å². The fourth-order valence-corrected chi connectivity index (χ4v) is 5.58. The number of nitrogens with zero attached hydrogens (tertiary/aromatic N) is 2. The summed E-state index contributed by atoms with van der Waals surface area (Å²) in [6.45, 7) is 6.53. The molecule has 236 valence electrons. The molecule has 1 fully saturated rings. The lowest BCUT2D eigenvalue weighted by atomic mass is 9.98. The van der Waals surface area contributed by atoms with Crippen LogP contribution in [0.2, 0.25) is 0 Å². The number of hydrogen-bond acceptors (Lipinski definition) is 7. The lowest BCUT2D eigenvalue weighted by molar-refractivity contribution is -0.150. The van der Waals surface area contributed by atoms with Gasteiger partial charge in [0.15, 0.2) is 0 Å². The number of benzene rings is 3. The fraction of sp³-hybridized carbons (Fsp3) is 0.441. The Morgan fingerprint density at radius 1 is 0.932 bits per heavy atom. The van der Waals surface area contributed by atoms with Crippen molar-refractivity contribution >= 4 is 28.7 Å². The number of methoxy groups -OCH3 is 2. The van der Waals surface area contributed by atoms with Crippen LogP contribution in [0.25, 0.3) is 10.8 Å². The van der Waals surface area contributed by atoms with Crippen molar-refractivity contribution in [3.8, 4) is 0 Å². The number of alkyl carbamates (subject to hydrolysis) is 1. The molecule has 0 radical (unpaired) electrons. The molecule has 0 saturated carbocycles. The average molecular weight is 608 g/mol. The molecule has 9 nitrogen and oxygen atoms in total. The number of ether oxygens (including phenoxy) is 3. The van der Waals surface area contributed by atoms with Gasteiger partial charge in [0.05, 0.1) is 19.8 Å². The van der Waals surface area contributed by atoms with Gasteiger partial charge in [-0.25, -0.2) is 9.18 Å². The number of fused-ring (bicyclic) bond motifs is 1. The van der Waals surface area contributed by atoms with E-state index in [0.717, 1.165) is 16.3 Å². The van der Waals surface area contributed by atoms with Crippen LogP contribution in [0.1, 0.15) is 31.9 Å². The van der Waals surface area contributed by atoms with Crippen LogP contribution >= 0.6 is 0 Å². The first kappa shape index (κ1) is 32.9. The molecule has 3 aromatic rings. The Hall–Kier alpha value is -4.02. The molecule has 0 spiro atoms. The predicted octanol–water partition coefficient (Wildman–Crippen LogP) is 4.36. The number of rotatable bonds is 10. The number of nitrogens with one attached hydrogen (secondary N) is 1.